The number of fused-ring (bicyclic) bond motifs is 6. The van der Waals surface area contributed by atoms with Gasteiger partial charge < -0.3 is 14.2 Å². The summed E-state index contributed by atoms with van der Waals surface area (Å²) in [6.45, 7) is 5.20. The van der Waals surface area contributed by atoms with Crippen molar-refractivity contribution in [2.45, 2.75) is 51.2 Å². The van der Waals surface area contributed by atoms with Gasteiger partial charge in [0.15, 0.2) is 5.79 Å². The standard InChI is InChI=1S/C22H26O4/c1-14(23)26-16-4-6-17-15(13-16)3-5-19-18(17)7-9-21(2)20(19)8-10-22(21)24-11-12-25-22/h4,6,8,10,13,18-20H,3,5,7,9,11-12H2,1-2H3/t18?,19?,20?,21-/m0/s1. The lowest BCUT2D eigenvalue weighted by Crippen LogP contribution is -2.52. The molecule has 1 aromatic carbocycles. The van der Waals surface area contributed by atoms with Crippen LogP contribution in [0.2, 0.25) is 0 Å². The van der Waals surface area contributed by atoms with Crippen molar-refractivity contribution in [1.82, 2.24) is 0 Å². The molecule has 4 nitrogen and oxygen atoms in total. The molecule has 3 unspecified atom stereocenters. The van der Waals surface area contributed by atoms with E-state index < -0.39 is 5.79 Å². The Morgan fingerprint density at radius 2 is 2.04 bits per heavy atom. The summed E-state index contributed by atoms with van der Waals surface area (Å²) in [7, 11) is 0. The van der Waals surface area contributed by atoms with Gasteiger partial charge in [-0.15, -0.1) is 0 Å². The Bertz CT molecular complexity index is 776. The summed E-state index contributed by atoms with van der Waals surface area (Å²) >= 11 is 0. The monoisotopic (exact) mass is 354 g/mol. The van der Waals surface area contributed by atoms with Crippen LogP contribution in [0.1, 0.15) is 50.2 Å². The largest absolute Gasteiger partial charge is 0.427 e. The highest BCUT2D eigenvalue weighted by atomic mass is 16.7. The van der Waals surface area contributed by atoms with Crippen molar-refractivity contribution in [1.29, 1.82) is 0 Å². The van der Waals surface area contributed by atoms with Crippen LogP contribution < -0.4 is 4.74 Å². The fraction of sp³-hybridized carbons (Fsp3) is 0.591. The Kier molecular flexibility index (Phi) is 3.60. The first-order chi connectivity index (χ1) is 12.5. The van der Waals surface area contributed by atoms with Crippen molar-refractivity contribution in [3.8, 4) is 5.75 Å². The van der Waals surface area contributed by atoms with Gasteiger partial charge in [-0.25, -0.2) is 0 Å². The van der Waals surface area contributed by atoms with Crippen molar-refractivity contribution in [3.63, 3.8) is 0 Å². The summed E-state index contributed by atoms with van der Waals surface area (Å²) < 4.78 is 17.5. The second kappa shape index (κ2) is 5.67. The van der Waals surface area contributed by atoms with Gasteiger partial charge in [0.05, 0.1) is 13.2 Å². The zero-order valence-corrected chi connectivity index (χ0v) is 15.5. The van der Waals surface area contributed by atoms with E-state index in [-0.39, 0.29) is 11.4 Å². The predicted octanol–water partition coefficient (Wildman–Crippen LogP) is 3.99. The van der Waals surface area contributed by atoms with Gasteiger partial charge in [-0.05, 0) is 72.8 Å². The third-order valence-corrected chi connectivity index (χ3v) is 7.25. The van der Waals surface area contributed by atoms with E-state index in [2.05, 4.69) is 31.2 Å². The number of allylic oxidation sites excluding steroid dienone is 1. The number of esters is 1. The number of benzene rings is 1. The van der Waals surface area contributed by atoms with Crippen molar-refractivity contribution < 1.29 is 19.0 Å². The predicted molar refractivity (Wildman–Crippen MR) is 96.9 cm³/mol. The van der Waals surface area contributed by atoms with E-state index in [0.717, 1.165) is 19.3 Å². The molecule has 0 amide bonds. The zero-order chi connectivity index (χ0) is 17.9. The molecule has 1 aliphatic heterocycles. The number of rotatable bonds is 1. The van der Waals surface area contributed by atoms with Gasteiger partial charge in [-0.2, -0.15) is 0 Å². The smallest absolute Gasteiger partial charge is 0.308 e. The van der Waals surface area contributed by atoms with Crippen molar-refractivity contribution in [2.24, 2.45) is 17.3 Å². The highest BCUT2D eigenvalue weighted by molar-refractivity contribution is 5.69. The normalized spacial score (nSPS) is 36.5. The molecule has 5 rings (SSSR count). The fourth-order valence-corrected chi connectivity index (χ4v) is 6.07. The number of hydrogen-bond acceptors (Lipinski definition) is 4. The first-order valence-corrected chi connectivity index (χ1v) is 9.81. The van der Waals surface area contributed by atoms with Crippen LogP contribution in [-0.2, 0) is 20.7 Å². The zero-order valence-electron chi connectivity index (χ0n) is 15.5. The third-order valence-electron chi connectivity index (χ3n) is 7.25. The molecule has 1 saturated carbocycles. The van der Waals surface area contributed by atoms with E-state index in [9.17, 15) is 4.79 Å². The topological polar surface area (TPSA) is 44.8 Å². The Hall–Kier alpha value is -1.65. The summed E-state index contributed by atoms with van der Waals surface area (Å²) in [6.07, 6.45) is 9.06. The maximum Gasteiger partial charge on any atom is 0.308 e. The van der Waals surface area contributed by atoms with Crippen LogP contribution in [0, 0.1) is 17.3 Å². The molecule has 1 aromatic rings. The molecule has 0 bridgehead atoms. The van der Waals surface area contributed by atoms with Crippen LogP contribution in [0.5, 0.6) is 5.75 Å². The van der Waals surface area contributed by atoms with Crippen LogP contribution >= 0.6 is 0 Å². The average Bonchev–Trinajstić information content (AvgIpc) is 3.21. The molecule has 4 aliphatic rings. The number of aryl methyl sites for hydroxylation is 1. The van der Waals surface area contributed by atoms with Crippen LogP contribution in [0.25, 0.3) is 0 Å². The highest BCUT2D eigenvalue weighted by Gasteiger charge is 2.62. The van der Waals surface area contributed by atoms with E-state index in [4.69, 9.17) is 14.2 Å². The summed E-state index contributed by atoms with van der Waals surface area (Å²) in [5, 5.41) is 0. The molecule has 0 N–H and O–H groups in total. The van der Waals surface area contributed by atoms with Crippen LogP contribution in [0.15, 0.2) is 30.4 Å². The number of ether oxygens (including phenoxy) is 3. The average molecular weight is 354 g/mol. The van der Waals surface area contributed by atoms with Gasteiger partial charge >= 0.3 is 5.97 Å². The van der Waals surface area contributed by atoms with Crippen LogP contribution in [0.3, 0.4) is 0 Å². The van der Waals surface area contributed by atoms with E-state index in [1.165, 1.54) is 24.5 Å². The van der Waals surface area contributed by atoms with Gasteiger partial charge in [0, 0.05) is 12.3 Å². The summed E-state index contributed by atoms with van der Waals surface area (Å²) in [5.41, 5.74) is 2.83. The van der Waals surface area contributed by atoms with Gasteiger partial charge in [0.1, 0.15) is 5.75 Å². The minimum atomic E-state index is -0.498. The second-order valence-electron chi connectivity index (χ2n) is 8.47. The van der Waals surface area contributed by atoms with E-state index in [1.54, 1.807) is 0 Å². The quantitative estimate of drug-likeness (QED) is 0.435. The van der Waals surface area contributed by atoms with E-state index in [0.29, 0.717) is 36.7 Å². The fourth-order valence-electron chi connectivity index (χ4n) is 6.07. The first kappa shape index (κ1) is 16.5. The van der Waals surface area contributed by atoms with Crippen LogP contribution in [-0.4, -0.2) is 25.0 Å². The van der Waals surface area contributed by atoms with E-state index >= 15 is 0 Å². The number of carbonyl (C=O) groups excluding carboxylic acids is 1. The highest BCUT2D eigenvalue weighted by Crippen LogP contribution is 2.63. The molecular weight excluding hydrogens is 328 g/mol. The van der Waals surface area contributed by atoms with Crippen molar-refractivity contribution in [2.75, 3.05) is 13.2 Å². The number of hydrogen-bond donors (Lipinski definition) is 0. The molecule has 26 heavy (non-hydrogen) atoms. The van der Waals surface area contributed by atoms with Gasteiger partial charge in [0.2, 0.25) is 0 Å². The van der Waals surface area contributed by atoms with Crippen molar-refractivity contribution >= 4 is 5.97 Å². The second-order valence-corrected chi connectivity index (χ2v) is 8.47. The molecule has 0 radical (unpaired) electrons. The summed E-state index contributed by atoms with van der Waals surface area (Å²) in [5.74, 6) is 1.62. The maximum atomic E-state index is 11.2. The molecule has 1 saturated heterocycles. The molecule has 2 fully saturated rings. The lowest BCUT2D eigenvalue weighted by atomic mass is 9.54. The molecule has 4 atom stereocenters. The molecule has 138 valence electrons. The molecule has 3 aliphatic carbocycles. The van der Waals surface area contributed by atoms with Gasteiger partial charge in [0.25, 0.3) is 0 Å². The molecule has 0 aromatic heterocycles. The summed E-state index contributed by atoms with van der Waals surface area (Å²) in [4.78, 5) is 11.2. The summed E-state index contributed by atoms with van der Waals surface area (Å²) in [6, 6.07) is 6.20. The minimum absolute atomic E-state index is 0.0415. The number of carbonyl (C=O) groups is 1. The Balaban J connectivity index is 1.45. The Labute approximate surface area is 154 Å². The molecular formula is C22H26O4. The molecule has 1 spiro atoms. The minimum Gasteiger partial charge on any atom is -0.427 e. The van der Waals surface area contributed by atoms with Crippen molar-refractivity contribution in [3.05, 3.63) is 41.5 Å². The molecule has 1 heterocycles. The Morgan fingerprint density at radius 3 is 2.81 bits per heavy atom. The molecule has 4 heteroatoms. The van der Waals surface area contributed by atoms with E-state index in [1.807, 2.05) is 6.07 Å². The lowest BCUT2D eigenvalue weighted by molar-refractivity contribution is -0.215. The van der Waals surface area contributed by atoms with Crippen LogP contribution in [0.4, 0.5) is 0 Å². The maximum absolute atomic E-state index is 11.2. The van der Waals surface area contributed by atoms with Gasteiger partial charge in [-0.3, -0.25) is 4.79 Å². The lowest BCUT2D eigenvalue weighted by Gasteiger charge is -2.52. The SMILES string of the molecule is CC(=O)Oc1ccc2c(c1)CCC1C2CC[C@@]2(C)C1C=CC21OCCO1. The van der Waals surface area contributed by atoms with Gasteiger partial charge in [-0.1, -0.05) is 19.1 Å². The first-order valence-electron chi connectivity index (χ1n) is 9.81. The third kappa shape index (κ3) is 2.18. The Morgan fingerprint density at radius 1 is 1.23 bits per heavy atom.